The summed E-state index contributed by atoms with van der Waals surface area (Å²) in [6.07, 6.45) is 1.98. The van der Waals surface area contributed by atoms with E-state index in [1.54, 1.807) is 7.11 Å². The fourth-order valence-electron chi connectivity index (χ4n) is 1.13. The van der Waals surface area contributed by atoms with Gasteiger partial charge in [0.05, 0.1) is 12.8 Å². The monoisotopic (exact) mass is 217 g/mol. The summed E-state index contributed by atoms with van der Waals surface area (Å²) in [6, 6.07) is 9.81. The number of rotatable bonds is 3. The molecule has 0 bridgehead atoms. The molecular formula is C14H19NO. The van der Waals surface area contributed by atoms with E-state index in [1.807, 2.05) is 36.4 Å². The summed E-state index contributed by atoms with van der Waals surface area (Å²) in [4.78, 5) is 4.42. The summed E-state index contributed by atoms with van der Waals surface area (Å²) in [5.41, 5.74) is 2.17. The van der Waals surface area contributed by atoms with Crippen LogP contribution in [0.2, 0.25) is 0 Å². The van der Waals surface area contributed by atoms with Crippen LogP contribution < -0.4 is 0 Å². The molecule has 0 aromatic heterocycles. The average Bonchev–Trinajstić information content (AvgIpc) is 2.29. The summed E-state index contributed by atoms with van der Waals surface area (Å²) in [5, 5.41) is 0. The summed E-state index contributed by atoms with van der Waals surface area (Å²) in [5.74, 6) is 1.16. The Labute approximate surface area is 97.7 Å². The zero-order valence-electron chi connectivity index (χ0n) is 10.4. The van der Waals surface area contributed by atoms with Gasteiger partial charge in [-0.2, -0.15) is 0 Å². The first-order chi connectivity index (χ1) is 7.63. The highest BCUT2D eigenvalue weighted by Crippen LogP contribution is 2.13. The molecule has 0 atom stereocenters. The van der Waals surface area contributed by atoms with E-state index in [-0.39, 0.29) is 0 Å². The topological polar surface area (TPSA) is 21.6 Å². The van der Waals surface area contributed by atoms with E-state index < -0.39 is 0 Å². The molecule has 0 heterocycles. The number of nitrogens with zero attached hydrogens (tertiary/aromatic N) is 1. The minimum atomic E-state index is 0.510. The third kappa shape index (κ3) is 3.89. The minimum absolute atomic E-state index is 0.510. The molecule has 2 heteroatoms. The normalized spacial score (nSPS) is 13.1. The molecule has 1 aromatic rings. The quantitative estimate of drug-likeness (QED) is 0.554. The van der Waals surface area contributed by atoms with E-state index in [4.69, 9.17) is 4.74 Å². The van der Waals surface area contributed by atoms with Crippen LogP contribution >= 0.6 is 0 Å². The maximum atomic E-state index is 5.25. The van der Waals surface area contributed by atoms with Crippen LogP contribution in [-0.4, -0.2) is 13.0 Å². The van der Waals surface area contributed by atoms with Crippen LogP contribution in [0, 0.1) is 5.92 Å². The lowest BCUT2D eigenvalue weighted by atomic mass is 10.1. The molecule has 0 spiro atoms. The Morgan fingerprint density at radius 2 is 1.88 bits per heavy atom. The lowest BCUT2D eigenvalue weighted by Crippen LogP contribution is -2.00. The van der Waals surface area contributed by atoms with Gasteiger partial charge in [-0.1, -0.05) is 37.6 Å². The van der Waals surface area contributed by atoms with Crippen molar-refractivity contribution in [3.05, 3.63) is 42.0 Å². The van der Waals surface area contributed by atoms with Crippen molar-refractivity contribution in [1.82, 2.24) is 0 Å². The Morgan fingerprint density at radius 3 is 2.38 bits per heavy atom. The van der Waals surface area contributed by atoms with Crippen LogP contribution in [0.25, 0.3) is 0 Å². The molecule has 16 heavy (non-hydrogen) atoms. The molecule has 0 unspecified atom stereocenters. The van der Waals surface area contributed by atoms with Crippen molar-refractivity contribution in [1.29, 1.82) is 0 Å². The van der Waals surface area contributed by atoms with Gasteiger partial charge in [-0.15, -0.1) is 0 Å². The van der Waals surface area contributed by atoms with E-state index >= 15 is 0 Å². The average molecular weight is 217 g/mol. The molecule has 0 N–H and O–H groups in total. The molecule has 0 saturated carbocycles. The third-order valence-electron chi connectivity index (χ3n) is 2.47. The molecule has 1 aromatic carbocycles. The van der Waals surface area contributed by atoms with Gasteiger partial charge in [-0.05, 0) is 31.1 Å². The number of hydrogen-bond acceptors (Lipinski definition) is 2. The molecular weight excluding hydrogens is 198 g/mol. The maximum Gasteiger partial charge on any atom is 0.213 e. The Morgan fingerprint density at radius 1 is 1.25 bits per heavy atom. The summed E-state index contributed by atoms with van der Waals surface area (Å²) < 4.78 is 5.25. The van der Waals surface area contributed by atoms with Gasteiger partial charge < -0.3 is 4.74 Å². The van der Waals surface area contributed by atoms with Crippen LogP contribution in [0.1, 0.15) is 20.8 Å². The fourth-order valence-corrected chi connectivity index (χ4v) is 1.13. The van der Waals surface area contributed by atoms with E-state index in [1.165, 1.54) is 5.57 Å². The van der Waals surface area contributed by atoms with Crippen molar-refractivity contribution in [3.63, 3.8) is 0 Å². The van der Waals surface area contributed by atoms with Crippen molar-refractivity contribution >= 4 is 11.6 Å². The number of benzene rings is 1. The van der Waals surface area contributed by atoms with Gasteiger partial charge in [0.15, 0.2) is 0 Å². The first-order valence-electron chi connectivity index (χ1n) is 5.49. The summed E-state index contributed by atoms with van der Waals surface area (Å²) in [6.45, 7) is 6.40. The SMILES string of the molecule is COC(C=C(C)C(C)C)=Nc1ccccc1. The lowest BCUT2D eigenvalue weighted by molar-refractivity contribution is 0.406. The number of allylic oxidation sites excluding steroid dienone is 1. The largest absolute Gasteiger partial charge is 0.481 e. The van der Waals surface area contributed by atoms with E-state index in [9.17, 15) is 0 Å². The lowest BCUT2D eigenvalue weighted by Gasteiger charge is -2.06. The first-order valence-corrected chi connectivity index (χ1v) is 5.49. The number of ether oxygens (including phenoxy) is 1. The predicted molar refractivity (Wildman–Crippen MR) is 69.1 cm³/mol. The van der Waals surface area contributed by atoms with Crippen molar-refractivity contribution in [2.75, 3.05) is 7.11 Å². The van der Waals surface area contributed by atoms with Crippen LogP contribution in [0.4, 0.5) is 5.69 Å². The highest BCUT2D eigenvalue weighted by atomic mass is 16.5. The first kappa shape index (κ1) is 12.5. The summed E-state index contributed by atoms with van der Waals surface area (Å²) >= 11 is 0. The number of para-hydroxylation sites is 1. The van der Waals surface area contributed by atoms with Gasteiger partial charge in [0.25, 0.3) is 0 Å². The van der Waals surface area contributed by atoms with E-state index in [2.05, 4.69) is 25.8 Å². The van der Waals surface area contributed by atoms with Crippen molar-refractivity contribution in [2.24, 2.45) is 10.9 Å². The molecule has 0 saturated heterocycles. The van der Waals surface area contributed by atoms with Crippen LogP contribution in [0.3, 0.4) is 0 Å². The standard InChI is InChI=1S/C14H19NO/c1-11(2)12(3)10-14(16-4)15-13-8-6-5-7-9-13/h5-11H,1-4H3. The van der Waals surface area contributed by atoms with Crippen molar-refractivity contribution < 1.29 is 4.74 Å². The highest BCUT2D eigenvalue weighted by molar-refractivity contribution is 5.90. The Bertz CT molecular complexity index is 377. The minimum Gasteiger partial charge on any atom is -0.481 e. The predicted octanol–water partition coefficient (Wildman–Crippen LogP) is 3.97. The maximum absolute atomic E-state index is 5.25. The van der Waals surface area contributed by atoms with E-state index in [0.29, 0.717) is 11.8 Å². The molecule has 1 rings (SSSR count). The van der Waals surface area contributed by atoms with Crippen LogP contribution in [-0.2, 0) is 4.74 Å². The molecule has 86 valence electrons. The molecule has 0 aliphatic heterocycles. The number of methoxy groups -OCH3 is 1. The van der Waals surface area contributed by atoms with Crippen molar-refractivity contribution in [2.45, 2.75) is 20.8 Å². The Hall–Kier alpha value is -1.57. The second-order valence-electron chi connectivity index (χ2n) is 4.03. The highest BCUT2D eigenvalue weighted by Gasteiger charge is 2.00. The van der Waals surface area contributed by atoms with Gasteiger partial charge in [-0.25, -0.2) is 4.99 Å². The Kier molecular flexibility index (Phi) is 4.77. The van der Waals surface area contributed by atoms with Gasteiger partial charge in [0.1, 0.15) is 0 Å². The van der Waals surface area contributed by atoms with Gasteiger partial charge >= 0.3 is 0 Å². The number of hydrogen-bond donors (Lipinski definition) is 0. The Balaban J connectivity index is 2.91. The van der Waals surface area contributed by atoms with Gasteiger partial charge in [0, 0.05) is 0 Å². The second kappa shape index (κ2) is 6.11. The van der Waals surface area contributed by atoms with E-state index in [0.717, 1.165) is 5.69 Å². The van der Waals surface area contributed by atoms with Gasteiger partial charge in [-0.3, -0.25) is 0 Å². The number of aliphatic imine (C=N–C) groups is 1. The fraction of sp³-hybridized carbons (Fsp3) is 0.357. The molecule has 0 fully saturated rings. The molecule has 0 radical (unpaired) electrons. The molecule has 0 aliphatic rings. The van der Waals surface area contributed by atoms with Gasteiger partial charge in [0.2, 0.25) is 5.90 Å². The van der Waals surface area contributed by atoms with Crippen molar-refractivity contribution in [3.8, 4) is 0 Å². The van der Waals surface area contributed by atoms with Crippen LogP contribution in [0.5, 0.6) is 0 Å². The second-order valence-corrected chi connectivity index (χ2v) is 4.03. The molecule has 0 amide bonds. The molecule has 2 nitrogen and oxygen atoms in total. The molecule has 0 aliphatic carbocycles. The zero-order valence-corrected chi connectivity index (χ0v) is 10.4. The van der Waals surface area contributed by atoms with Crippen LogP contribution in [0.15, 0.2) is 47.0 Å². The summed E-state index contributed by atoms with van der Waals surface area (Å²) in [7, 11) is 1.64. The smallest absolute Gasteiger partial charge is 0.213 e. The third-order valence-corrected chi connectivity index (χ3v) is 2.47. The zero-order chi connectivity index (χ0) is 12.0.